The first-order valence-corrected chi connectivity index (χ1v) is 11.5. The summed E-state index contributed by atoms with van der Waals surface area (Å²) < 4.78 is 11.7. The molecule has 0 bridgehead atoms. The third-order valence-electron chi connectivity index (χ3n) is 5.72. The van der Waals surface area contributed by atoms with Crippen molar-refractivity contribution in [3.05, 3.63) is 45.6 Å². The highest BCUT2D eigenvalue weighted by Crippen LogP contribution is 2.35. The first-order valence-electron chi connectivity index (χ1n) is 10.6. The van der Waals surface area contributed by atoms with Gasteiger partial charge in [-0.15, -0.1) is 11.3 Å². The topological polar surface area (TPSA) is 67.9 Å². The summed E-state index contributed by atoms with van der Waals surface area (Å²) in [6, 6.07) is 7.77. The molecule has 160 valence electrons. The second kappa shape index (κ2) is 9.08. The number of nitrogens with one attached hydrogen (secondary N) is 1. The standard InChI is InChI=1S/C23H28N2O4S/c1-3-28-19-12-17-11-15(2)29-20(17)13-18(19)14-24-22(26)16-6-8-25(9-7-16)23(27)21-5-4-10-30-21/h4-5,10,12-13,15-16H,3,6-9,11,14H2,1-2H3,(H,24,26)/t15-/m0/s1. The van der Waals surface area contributed by atoms with Gasteiger partial charge in [0.05, 0.1) is 11.5 Å². The van der Waals surface area contributed by atoms with Crippen molar-refractivity contribution in [2.45, 2.75) is 45.8 Å². The molecule has 1 aromatic carbocycles. The van der Waals surface area contributed by atoms with Crippen molar-refractivity contribution in [1.29, 1.82) is 0 Å². The second-order valence-corrected chi connectivity index (χ2v) is 8.84. The molecule has 4 rings (SSSR count). The number of rotatable bonds is 6. The predicted molar refractivity (Wildman–Crippen MR) is 116 cm³/mol. The van der Waals surface area contributed by atoms with Crippen LogP contribution in [0.4, 0.5) is 0 Å². The Labute approximate surface area is 181 Å². The Balaban J connectivity index is 1.33. The van der Waals surface area contributed by atoms with Crippen LogP contribution in [-0.2, 0) is 17.8 Å². The van der Waals surface area contributed by atoms with Gasteiger partial charge in [-0.05, 0) is 50.3 Å². The van der Waals surface area contributed by atoms with Gasteiger partial charge in [0.2, 0.25) is 5.91 Å². The number of fused-ring (bicyclic) bond motifs is 1. The fraction of sp³-hybridized carbons (Fsp3) is 0.478. The van der Waals surface area contributed by atoms with E-state index in [1.54, 1.807) is 0 Å². The maximum Gasteiger partial charge on any atom is 0.263 e. The van der Waals surface area contributed by atoms with Crippen LogP contribution >= 0.6 is 11.3 Å². The van der Waals surface area contributed by atoms with E-state index in [1.165, 1.54) is 11.3 Å². The molecule has 2 aliphatic rings. The van der Waals surface area contributed by atoms with Gasteiger partial charge in [-0.25, -0.2) is 0 Å². The summed E-state index contributed by atoms with van der Waals surface area (Å²) in [7, 11) is 0. The summed E-state index contributed by atoms with van der Waals surface area (Å²) in [4.78, 5) is 27.8. The van der Waals surface area contributed by atoms with Crippen molar-refractivity contribution < 1.29 is 19.1 Å². The van der Waals surface area contributed by atoms with Crippen LogP contribution in [0.25, 0.3) is 0 Å². The van der Waals surface area contributed by atoms with E-state index in [-0.39, 0.29) is 23.8 Å². The fourth-order valence-corrected chi connectivity index (χ4v) is 4.83. The largest absolute Gasteiger partial charge is 0.494 e. The first-order chi connectivity index (χ1) is 14.5. The molecule has 7 heteroatoms. The van der Waals surface area contributed by atoms with Crippen LogP contribution in [0.5, 0.6) is 11.5 Å². The number of ether oxygens (including phenoxy) is 2. The van der Waals surface area contributed by atoms with Gasteiger partial charge in [-0.1, -0.05) is 6.07 Å². The zero-order valence-electron chi connectivity index (χ0n) is 17.5. The molecule has 30 heavy (non-hydrogen) atoms. The Morgan fingerprint density at radius 2 is 2.10 bits per heavy atom. The van der Waals surface area contributed by atoms with Gasteiger partial charge in [0.25, 0.3) is 5.91 Å². The number of piperidine rings is 1. The highest BCUT2D eigenvalue weighted by molar-refractivity contribution is 7.12. The molecule has 2 amide bonds. The van der Waals surface area contributed by atoms with Crippen LogP contribution in [0.2, 0.25) is 0 Å². The fourth-order valence-electron chi connectivity index (χ4n) is 4.14. The molecule has 0 radical (unpaired) electrons. The van der Waals surface area contributed by atoms with Gasteiger partial charge < -0.3 is 19.7 Å². The molecule has 0 aliphatic carbocycles. The summed E-state index contributed by atoms with van der Waals surface area (Å²) in [5.74, 6) is 1.73. The molecule has 1 atom stereocenters. The van der Waals surface area contributed by atoms with Gasteiger partial charge in [0.1, 0.15) is 17.6 Å². The highest BCUT2D eigenvalue weighted by Gasteiger charge is 2.28. The Hall–Kier alpha value is -2.54. The maximum absolute atomic E-state index is 12.7. The summed E-state index contributed by atoms with van der Waals surface area (Å²) in [5, 5.41) is 4.98. The molecule has 0 spiro atoms. The average molecular weight is 429 g/mol. The van der Waals surface area contributed by atoms with E-state index in [0.29, 0.717) is 39.1 Å². The lowest BCUT2D eigenvalue weighted by Crippen LogP contribution is -2.42. The lowest BCUT2D eigenvalue weighted by atomic mass is 9.95. The molecule has 1 fully saturated rings. The summed E-state index contributed by atoms with van der Waals surface area (Å²) in [6.45, 7) is 6.23. The van der Waals surface area contributed by atoms with Crippen molar-refractivity contribution in [2.24, 2.45) is 5.92 Å². The normalized spacial score (nSPS) is 18.6. The van der Waals surface area contributed by atoms with Crippen LogP contribution in [-0.4, -0.2) is 42.5 Å². The quantitative estimate of drug-likeness (QED) is 0.763. The summed E-state index contributed by atoms with van der Waals surface area (Å²) >= 11 is 1.46. The SMILES string of the molecule is CCOc1cc2c(cc1CNC(=O)C1CCN(C(=O)c3cccs3)CC1)O[C@@H](C)C2. The minimum Gasteiger partial charge on any atom is -0.494 e. The Kier molecular flexibility index (Phi) is 6.27. The molecule has 0 unspecified atom stereocenters. The van der Waals surface area contributed by atoms with E-state index in [1.807, 2.05) is 41.5 Å². The molecular weight excluding hydrogens is 400 g/mol. The molecule has 2 aromatic rings. The van der Waals surface area contributed by atoms with Gasteiger partial charge in [-0.3, -0.25) is 9.59 Å². The van der Waals surface area contributed by atoms with Gasteiger partial charge in [0, 0.05) is 43.1 Å². The molecule has 6 nitrogen and oxygen atoms in total. The van der Waals surface area contributed by atoms with Crippen molar-refractivity contribution >= 4 is 23.2 Å². The number of hydrogen-bond donors (Lipinski definition) is 1. The summed E-state index contributed by atoms with van der Waals surface area (Å²) in [6.07, 6.45) is 2.42. The molecule has 1 saturated heterocycles. The average Bonchev–Trinajstić information content (AvgIpc) is 3.40. The van der Waals surface area contributed by atoms with E-state index < -0.39 is 0 Å². The van der Waals surface area contributed by atoms with E-state index in [0.717, 1.165) is 33.9 Å². The Bertz CT molecular complexity index is 904. The minimum atomic E-state index is -0.0707. The minimum absolute atomic E-state index is 0.0375. The molecular formula is C23H28N2O4S. The summed E-state index contributed by atoms with van der Waals surface area (Å²) in [5.41, 5.74) is 2.09. The Morgan fingerprint density at radius 1 is 1.30 bits per heavy atom. The number of benzene rings is 1. The molecule has 1 N–H and O–H groups in total. The molecule has 1 aromatic heterocycles. The van der Waals surface area contributed by atoms with Crippen molar-refractivity contribution in [3.8, 4) is 11.5 Å². The van der Waals surface area contributed by atoms with Crippen molar-refractivity contribution in [2.75, 3.05) is 19.7 Å². The van der Waals surface area contributed by atoms with E-state index >= 15 is 0 Å². The smallest absolute Gasteiger partial charge is 0.263 e. The van der Waals surface area contributed by atoms with Gasteiger partial charge in [-0.2, -0.15) is 0 Å². The van der Waals surface area contributed by atoms with Crippen LogP contribution in [0.1, 0.15) is 47.5 Å². The Morgan fingerprint density at radius 3 is 2.80 bits per heavy atom. The first kappa shape index (κ1) is 20.7. The lowest BCUT2D eigenvalue weighted by molar-refractivity contribution is -0.126. The van der Waals surface area contributed by atoms with Crippen molar-refractivity contribution in [3.63, 3.8) is 0 Å². The van der Waals surface area contributed by atoms with E-state index in [2.05, 4.69) is 12.2 Å². The van der Waals surface area contributed by atoms with Gasteiger partial charge in [0.15, 0.2) is 0 Å². The third kappa shape index (κ3) is 4.46. The highest BCUT2D eigenvalue weighted by atomic mass is 32.1. The third-order valence-corrected chi connectivity index (χ3v) is 6.57. The van der Waals surface area contributed by atoms with Crippen LogP contribution in [0.3, 0.4) is 0 Å². The number of thiophene rings is 1. The maximum atomic E-state index is 12.7. The van der Waals surface area contributed by atoms with Crippen LogP contribution < -0.4 is 14.8 Å². The zero-order chi connectivity index (χ0) is 21.1. The number of amides is 2. The van der Waals surface area contributed by atoms with E-state index in [4.69, 9.17) is 9.47 Å². The number of hydrogen-bond acceptors (Lipinski definition) is 5. The van der Waals surface area contributed by atoms with Gasteiger partial charge >= 0.3 is 0 Å². The number of nitrogens with zero attached hydrogens (tertiary/aromatic N) is 1. The van der Waals surface area contributed by atoms with Crippen LogP contribution in [0.15, 0.2) is 29.6 Å². The number of carbonyl (C=O) groups excluding carboxylic acids is 2. The number of carbonyl (C=O) groups is 2. The molecule has 2 aliphatic heterocycles. The predicted octanol–water partition coefficient (Wildman–Crippen LogP) is 3.64. The zero-order valence-corrected chi connectivity index (χ0v) is 18.3. The van der Waals surface area contributed by atoms with Crippen molar-refractivity contribution in [1.82, 2.24) is 10.2 Å². The second-order valence-electron chi connectivity index (χ2n) is 7.89. The molecule has 0 saturated carbocycles. The number of likely N-dealkylation sites (tertiary alicyclic amines) is 1. The monoisotopic (exact) mass is 428 g/mol. The lowest BCUT2D eigenvalue weighted by Gasteiger charge is -2.31. The molecule has 3 heterocycles. The van der Waals surface area contributed by atoms with E-state index in [9.17, 15) is 9.59 Å². The van der Waals surface area contributed by atoms with Crippen LogP contribution in [0, 0.1) is 5.92 Å².